The Bertz CT molecular complexity index is 716. The Morgan fingerprint density at radius 2 is 1.90 bits per heavy atom. The molecule has 0 fully saturated rings. The lowest BCUT2D eigenvalue weighted by molar-refractivity contribution is 0.415. The summed E-state index contributed by atoms with van der Waals surface area (Å²) in [5.74, 6) is 0.854. The first-order valence-electron chi connectivity index (χ1n) is 6.67. The average molecular weight is 267 g/mol. The predicted octanol–water partition coefficient (Wildman–Crippen LogP) is 3.44. The van der Waals surface area contributed by atoms with Crippen LogP contribution in [0.3, 0.4) is 0 Å². The molecule has 102 valence electrons. The molecule has 0 amide bonds. The van der Waals surface area contributed by atoms with Crippen molar-refractivity contribution in [1.82, 2.24) is 9.38 Å². The molecule has 0 aliphatic rings. The summed E-state index contributed by atoms with van der Waals surface area (Å²) in [7, 11) is 1.67. The maximum Gasteiger partial charge on any atom is 0.137 e. The number of rotatable bonds is 4. The zero-order valence-corrected chi connectivity index (χ0v) is 11.6. The van der Waals surface area contributed by atoms with E-state index in [-0.39, 0.29) is 0 Å². The van der Waals surface area contributed by atoms with Gasteiger partial charge in [-0.3, -0.25) is 0 Å². The number of hydrogen-bond acceptors (Lipinski definition) is 3. The van der Waals surface area contributed by atoms with Gasteiger partial charge in [0, 0.05) is 24.5 Å². The third-order valence-corrected chi connectivity index (χ3v) is 3.22. The maximum atomic E-state index is 5.17. The van der Waals surface area contributed by atoms with Crippen molar-refractivity contribution < 1.29 is 4.74 Å². The van der Waals surface area contributed by atoms with E-state index < -0.39 is 0 Å². The Kier molecular flexibility index (Phi) is 3.29. The molecule has 0 saturated carbocycles. The molecule has 0 unspecified atom stereocenters. The predicted molar refractivity (Wildman–Crippen MR) is 81.3 cm³/mol. The zero-order valence-electron chi connectivity index (χ0n) is 11.6. The second-order valence-corrected chi connectivity index (χ2v) is 4.57. The van der Waals surface area contributed by atoms with Gasteiger partial charge < -0.3 is 14.5 Å². The number of imidazole rings is 1. The Hall–Kier alpha value is -2.49. The van der Waals surface area contributed by atoms with Crippen molar-refractivity contribution in [2.75, 3.05) is 19.0 Å². The SMILES string of the molecule is CCNc1ccc2nc(-c3ccc(OC)cc3)cn2c1. The van der Waals surface area contributed by atoms with Gasteiger partial charge in [-0.15, -0.1) is 0 Å². The fraction of sp³-hybridized carbons (Fsp3) is 0.188. The highest BCUT2D eigenvalue weighted by molar-refractivity contribution is 5.64. The number of anilines is 1. The normalized spacial score (nSPS) is 10.7. The molecule has 0 radical (unpaired) electrons. The van der Waals surface area contributed by atoms with Crippen molar-refractivity contribution in [3.8, 4) is 17.0 Å². The van der Waals surface area contributed by atoms with E-state index >= 15 is 0 Å². The summed E-state index contributed by atoms with van der Waals surface area (Å²) in [6, 6.07) is 12.0. The van der Waals surface area contributed by atoms with Crippen molar-refractivity contribution in [2.24, 2.45) is 0 Å². The number of benzene rings is 1. The van der Waals surface area contributed by atoms with E-state index in [0.717, 1.165) is 34.9 Å². The number of pyridine rings is 1. The van der Waals surface area contributed by atoms with Crippen LogP contribution in [0.2, 0.25) is 0 Å². The summed E-state index contributed by atoms with van der Waals surface area (Å²) >= 11 is 0. The molecule has 3 aromatic rings. The van der Waals surface area contributed by atoms with Crippen LogP contribution in [0.25, 0.3) is 16.9 Å². The molecule has 2 aromatic heterocycles. The van der Waals surface area contributed by atoms with Gasteiger partial charge in [-0.2, -0.15) is 0 Å². The fourth-order valence-electron chi connectivity index (χ4n) is 2.20. The van der Waals surface area contributed by atoms with E-state index in [0.29, 0.717) is 0 Å². The molecule has 1 N–H and O–H groups in total. The van der Waals surface area contributed by atoms with Gasteiger partial charge in [-0.05, 0) is 43.3 Å². The number of methoxy groups -OCH3 is 1. The first-order valence-corrected chi connectivity index (χ1v) is 6.67. The standard InChI is InChI=1S/C16H17N3O/c1-3-17-13-6-9-16-18-15(11-19(16)10-13)12-4-7-14(20-2)8-5-12/h4-11,17H,3H2,1-2H3. The van der Waals surface area contributed by atoms with Crippen molar-refractivity contribution in [1.29, 1.82) is 0 Å². The summed E-state index contributed by atoms with van der Waals surface area (Å²) in [5, 5.41) is 3.30. The van der Waals surface area contributed by atoms with Crippen LogP contribution >= 0.6 is 0 Å². The quantitative estimate of drug-likeness (QED) is 0.787. The average Bonchev–Trinajstić information content (AvgIpc) is 2.91. The Labute approximate surface area is 118 Å². The number of fused-ring (bicyclic) bond motifs is 1. The molecular weight excluding hydrogens is 250 g/mol. The molecular formula is C16H17N3O. The molecule has 2 heterocycles. The van der Waals surface area contributed by atoms with Gasteiger partial charge in [-0.1, -0.05) is 0 Å². The van der Waals surface area contributed by atoms with Gasteiger partial charge in [-0.25, -0.2) is 4.98 Å². The first-order chi connectivity index (χ1) is 9.80. The first kappa shape index (κ1) is 12.5. The number of aromatic nitrogens is 2. The second-order valence-electron chi connectivity index (χ2n) is 4.57. The number of nitrogens with one attached hydrogen (secondary N) is 1. The minimum Gasteiger partial charge on any atom is -0.497 e. The van der Waals surface area contributed by atoms with Crippen molar-refractivity contribution in [3.63, 3.8) is 0 Å². The highest BCUT2D eigenvalue weighted by atomic mass is 16.5. The lowest BCUT2D eigenvalue weighted by Gasteiger charge is -2.02. The lowest BCUT2D eigenvalue weighted by Crippen LogP contribution is -1.97. The number of ether oxygens (including phenoxy) is 1. The van der Waals surface area contributed by atoms with Gasteiger partial charge in [0.1, 0.15) is 11.4 Å². The summed E-state index contributed by atoms with van der Waals surface area (Å²) in [4.78, 5) is 4.63. The summed E-state index contributed by atoms with van der Waals surface area (Å²) in [6.07, 6.45) is 4.09. The van der Waals surface area contributed by atoms with Crippen LogP contribution in [-0.2, 0) is 0 Å². The molecule has 0 bridgehead atoms. The second kappa shape index (κ2) is 5.25. The molecule has 0 atom stereocenters. The van der Waals surface area contributed by atoms with Crippen LogP contribution in [0.5, 0.6) is 5.75 Å². The van der Waals surface area contributed by atoms with Crippen LogP contribution in [0.15, 0.2) is 48.8 Å². The Morgan fingerprint density at radius 3 is 2.60 bits per heavy atom. The van der Waals surface area contributed by atoms with E-state index in [1.165, 1.54) is 0 Å². The van der Waals surface area contributed by atoms with Crippen LogP contribution in [0, 0.1) is 0 Å². The van der Waals surface area contributed by atoms with Gasteiger partial charge in [0.15, 0.2) is 0 Å². The van der Waals surface area contributed by atoms with Gasteiger partial charge in [0.25, 0.3) is 0 Å². The number of hydrogen-bond donors (Lipinski definition) is 1. The molecule has 1 aromatic carbocycles. The molecule has 4 nitrogen and oxygen atoms in total. The summed E-state index contributed by atoms with van der Waals surface area (Å²) < 4.78 is 7.21. The van der Waals surface area contributed by atoms with E-state index in [2.05, 4.69) is 23.4 Å². The third-order valence-electron chi connectivity index (χ3n) is 3.22. The van der Waals surface area contributed by atoms with E-state index in [1.54, 1.807) is 7.11 Å². The maximum absolute atomic E-state index is 5.17. The Morgan fingerprint density at radius 1 is 1.10 bits per heavy atom. The smallest absolute Gasteiger partial charge is 0.137 e. The van der Waals surface area contributed by atoms with Crippen molar-refractivity contribution in [2.45, 2.75) is 6.92 Å². The van der Waals surface area contributed by atoms with Crippen LogP contribution in [0.1, 0.15) is 6.92 Å². The van der Waals surface area contributed by atoms with Gasteiger partial charge in [0.05, 0.1) is 18.5 Å². The van der Waals surface area contributed by atoms with Crippen LogP contribution < -0.4 is 10.1 Å². The fourth-order valence-corrected chi connectivity index (χ4v) is 2.20. The molecule has 20 heavy (non-hydrogen) atoms. The molecule has 0 aliphatic heterocycles. The molecule has 0 spiro atoms. The van der Waals surface area contributed by atoms with E-state index in [1.807, 2.05) is 47.0 Å². The lowest BCUT2D eigenvalue weighted by atomic mass is 10.2. The monoisotopic (exact) mass is 267 g/mol. The molecule has 4 heteroatoms. The van der Waals surface area contributed by atoms with Crippen LogP contribution in [-0.4, -0.2) is 23.0 Å². The molecule has 3 rings (SSSR count). The summed E-state index contributed by atoms with van der Waals surface area (Å²) in [5.41, 5.74) is 4.08. The number of nitrogens with zero attached hydrogens (tertiary/aromatic N) is 2. The topological polar surface area (TPSA) is 38.6 Å². The molecule has 0 aliphatic carbocycles. The Balaban J connectivity index is 1.98. The van der Waals surface area contributed by atoms with E-state index in [4.69, 9.17) is 4.74 Å². The van der Waals surface area contributed by atoms with E-state index in [9.17, 15) is 0 Å². The van der Waals surface area contributed by atoms with Crippen LogP contribution in [0.4, 0.5) is 5.69 Å². The highest BCUT2D eigenvalue weighted by Gasteiger charge is 2.05. The highest BCUT2D eigenvalue weighted by Crippen LogP contribution is 2.22. The van der Waals surface area contributed by atoms with Crippen molar-refractivity contribution >= 4 is 11.3 Å². The van der Waals surface area contributed by atoms with Gasteiger partial charge >= 0.3 is 0 Å². The zero-order chi connectivity index (χ0) is 13.9. The third kappa shape index (κ3) is 2.32. The van der Waals surface area contributed by atoms with Crippen molar-refractivity contribution in [3.05, 3.63) is 48.8 Å². The van der Waals surface area contributed by atoms with Gasteiger partial charge in [0.2, 0.25) is 0 Å². The largest absolute Gasteiger partial charge is 0.497 e. The summed E-state index contributed by atoms with van der Waals surface area (Å²) in [6.45, 7) is 2.99. The minimum absolute atomic E-state index is 0.854. The minimum atomic E-state index is 0.854. The molecule has 0 saturated heterocycles.